The second kappa shape index (κ2) is 10.1. The van der Waals surface area contributed by atoms with E-state index < -0.39 is 0 Å². The summed E-state index contributed by atoms with van der Waals surface area (Å²) in [5, 5.41) is 2.99. The maximum atomic E-state index is 13.4. The highest BCUT2D eigenvalue weighted by Gasteiger charge is 2.35. The van der Waals surface area contributed by atoms with Crippen LogP contribution in [0.5, 0.6) is 5.75 Å². The summed E-state index contributed by atoms with van der Waals surface area (Å²) in [6, 6.07) is 11.5. The first-order valence-electron chi connectivity index (χ1n) is 11.7. The van der Waals surface area contributed by atoms with Crippen molar-refractivity contribution in [3.05, 3.63) is 48.3 Å². The number of nitrogens with zero attached hydrogens (tertiary/aromatic N) is 3. The minimum absolute atomic E-state index is 0.0316. The average Bonchev–Trinajstić information content (AvgIpc) is 3.58. The zero-order valence-electron chi connectivity index (χ0n) is 19.1. The van der Waals surface area contributed by atoms with Gasteiger partial charge in [0.25, 0.3) is 0 Å². The number of ether oxygens (including phenoxy) is 1. The van der Waals surface area contributed by atoms with E-state index in [-0.39, 0.29) is 30.6 Å². The predicted molar refractivity (Wildman–Crippen MR) is 125 cm³/mol. The number of benzene rings is 1. The lowest BCUT2D eigenvalue weighted by molar-refractivity contribution is -0.133. The maximum absolute atomic E-state index is 13.4. The zero-order chi connectivity index (χ0) is 22.5. The molecular weight excluding hydrogens is 404 g/mol. The van der Waals surface area contributed by atoms with Crippen molar-refractivity contribution in [1.82, 2.24) is 14.4 Å². The summed E-state index contributed by atoms with van der Waals surface area (Å²) in [5.74, 6) is 0.771. The fraction of sp³-hybridized carbons (Fsp3) is 0.520. The molecule has 0 saturated heterocycles. The first kappa shape index (κ1) is 22.2. The zero-order valence-corrected chi connectivity index (χ0v) is 19.1. The number of aromatic nitrogens is 1. The molecule has 0 atom stereocenters. The third-order valence-corrected chi connectivity index (χ3v) is 6.61. The van der Waals surface area contributed by atoms with E-state index in [1.807, 2.05) is 48.5 Å². The van der Waals surface area contributed by atoms with Gasteiger partial charge in [-0.1, -0.05) is 19.3 Å². The van der Waals surface area contributed by atoms with Crippen molar-refractivity contribution in [1.29, 1.82) is 0 Å². The summed E-state index contributed by atoms with van der Waals surface area (Å²) >= 11 is 0. The standard InChI is InChI=1S/C25H34N4O3/c1-27-16-6-9-22(27)17-28(21-12-13-21)24(30)18-29(20-7-4-3-5-8-20)25(31)26-19-10-14-23(32-2)15-11-19/h6,9-11,14-16,20-21H,3-5,7-8,12-13,17-18H2,1-2H3,(H,26,31). The van der Waals surface area contributed by atoms with Gasteiger partial charge >= 0.3 is 6.03 Å². The van der Waals surface area contributed by atoms with Crippen molar-refractivity contribution >= 4 is 17.6 Å². The first-order valence-corrected chi connectivity index (χ1v) is 11.7. The van der Waals surface area contributed by atoms with Crippen molar-refractivity contribution in [3.63, 3.8) is 0 Å². The van der Waals surface area contributed by atoms with Gasteiger partial charge in [0.15, 0.2) is 0 Å². The van der Waals surface area contributed by atoms with Gasteiger partial charge in [-0.05, 0) is 62.1 Å². The molecule has 1 aromatic carbocycles. The Labute approximate surface area is 190 Å². The molecule has 1 aromatic heterocycles. The lowest BCUT2D eigenvalue weighted by Gasteiger charge is -2.35. The van der Waals surface area contributed by atoms with Gasteiger partial charge in [-0.2, -0.15) is 0 Å². The van der Waals surface area contributed by atoms with Gasteiger partial charge < -0.3 is 24.4 Å². The van der Waals surface area contributed by atoms with Crippen molar-refractivity contribution in [2.24, 2.45) is 7.05 Å². The van der Waals surface area contributed by atoms with E-state index in [0.29, 0.717) is 12.2 Å². The van der Waals surface area contributed by atoms with Crippen molar-refractivity contribution in [2.45, 2.75) is 63.6 Å². The second-order valence-corrected chi connectivity index (χ2v) is 8.94. The Balaban J connectivity index is 1.48. The number of carbonyl (C=O) groups excluding carboxylic acids is 2. The molecule has 7 heteroatoms. The minimum Gasteiger partial charge on any atom is -0.497 e. The number of anilines is 1. The van der Waals surface area contributed by atoms with Crippen molar-refractivity contribution < 1.29 is 14.3 Å². The lowest BCUT2D eigenvalue weighted by Crippen LogP contribution is -2.50. The molecule has 2 aromatic rings. The van der Waals surface area contributed by atoms with E-state index in [2.05, 4.69) is 16.0 Å². The predicted octanol–water partition coefficient (Wildman–Crippen LogP) is 4.39. The lowest BCUT2D eigenvalue weighted by atomic mass is 9.94. The highest BCUT2D eigenvalue weighted by molar-refractivity contribution is 5.92. The molecule has 2 aliphatic rings. The monoisotopic (exact) mass is 438 g/mol. The van der Waals surface area contributed by atoms with Crippen LogP contribution in [0, 0.1) is 0 Å². The molecule has 0 aliphatic heterocycles. The van der Waals surface area contributed by atoms with Gasteiger partial charge in [0.1, 0.15) is 12.3 Å². The van der Waals surface area contributed by atoms with E-state index in [4.69, 9.17) is 4.74 Å². The highest BCUT2D eigenvalue weighted by Crippen LogP contribution is 2.30. The fourth-order valence-corrected chi connectivity index (χ4v) is 4.51. The molecule has 0 spiro atoms. The van der Waals surface area contributed by atoms with Crippen LogP contribution < -0.4 is 10.1 Å². The molecule has 7 nitrogen and oxygen atoms in total. The topological polar surface area (TPSA) is 66.8 Å². The van der Waals surface area contributed by atoms with Gasteiger partial charge in [-0.3, -0.25) is 4.79 Å². The van der Waals surface area contributed by atoms with Crippen LogP contribution in [0.2, 0.25) is 0 Å². The molecule has 0 bridgehead atoms. The first-order chi connectivity index (χ1) is 15.5. The van der Waals surface area contributed by atoms with Gasteiger partial charge in [0.2, 0.25) is 5.91 Å². The molecule has 4 rings (SSSR count). The van der Waals surface area contributed by atoms with Crippen molar-refractivity contribution in [2.75, 3.05) is 19.0 Å². The quantitative estimate of drug-likeness (QED) is 0.665. The van der Waals surface area contributed by atoms with E-state index in [1.165, 1.54) is 6.42 Å². The normalized spacial score (nSPS) is 16.4. The summed E-state index contributed by atoms with van der Waals surface area (Å²) in [4.78, 5) is 30.5. The van der Waals surface area contributed by atoms with Crippen LogP contribution in [0.3, 0.4) is 0 Å². The third-order valence-electron chi connectivity index (χ3n) is 6.61. The molecule has 0 unspecified atom stereocenters. The van der Waals surface area contributed by atoms with Gasteiger partial charge in [-0.25, -0.2) is 4.79 Å². The number of aryl methyl sites for hydroxylation is 1. The number of hydrogen-bond donors (Lipinski definition) is 1. The van der Waals surface area contributed by atoms with Crippen LogP contribution in [0.1, 0.15) is 50.6 Å². The minimum atomic E-state index is -0.204. The second-order valence-electron chi connectivity index (χ2n) is 8.94. The molecule has 0 radical (unpaired) electrons. The number of hydrogen-bond acceptors (Lipinski definition) is 3. The van der Waals surface area contributed by atoms with E-state index in [1.54, 1.807) is 12.0 Å². The molecule has 2 fully saturated rings. The number of methoxy groups -OCH3 is 1. The van der Waals surface area contributed by atoms with E-state index in [9.17, 15) is 9.59 Å². The van der Waals surface area contributed by atoms with Gasteiger partial charge in [0.05, 0.1) is 13.7 Å². The Bertz CT molecular complexity index is 914. The Morgan fingerprint density at radius 3 is 2.28 bits per heavy atom. The molecule has 2 aliphatic carbocycles. The fourth-order valence-electron chi connectivity index (χ4n) is 4.51. The Kier molecular flexibility index (Phi) is 7.02. The average molecular weight is 439 g/mol. The molecule has 3 amide bonds. The van der Waals surface area contributed by atoms with Crippen molar-refractivity contribution in [3.8, 4) is 5.75 Å². The molecular formula is C25H34N4O3. The largest absolute Gasteiger partial charge is 0.497 e. The van der Waals surface area contributed by atoms with Crippen LogP contribution >= 0.6 is 0 Å². The molecule has 172 valence electrons. The SMILES string of the molecule is COc1ccc(NC(=O)N(CC(=O)N(Cc2cccn2C)C2CC2)C2CCCCC2)cc1. The third kappa shape index (κ3) is 5.44. The number of urea groups is 1. The van der Waals surface area contributed by atoms with Crippen LogP contribution in [0.4, 0.5) is 10.5 Å². The van der Waals surface area contributed by atoms with Crippen LogP contribution in [0.15, 0.2) is 42.6 Å². The van der Waals surface area contributed by atoms with Gasteiger partial charge in [-0.15, -0.1) is 0 Å². The number of amides is 3. The van der Waals surface area contributed by atoms with Gasteiger partial charge in [0, 0.05) is 36.7 Å². The summed E-state index contributed by atoms with van der Waals surface area (Å²) < 4.78 is 7.25. The number of carbonyl (C=O) groups is 2. The Hall–Kier alpha value is -2.96. The maximum Gasteiger partial charge on any atom is 0.322 e. The summed E-state index contributed by atoms with van der Waals surface area (Å²) in [6.45, 7) is 0.708. The summed E-state index contributed by atoms with van der Waals surface area (Å²) in [5.41, 5.74) is 1.81. The Morgan fingerprint density at radius 1 is 1.00 bits per heavy atom. The molecule has 1 heterocycles. The Morgan fingerprint density at radius 2 is 1.69 bits per heavy atom. The van der Waals surface area contributed by atoms with E-state index in [0.717, 1.165) is 50.0 Å². The number of nitrogens with one attached hydrogen (secondary N) is 1. The van der Waals surface area contributed by atoms with Crippen LogP contribution in [-0.2, 0) is 18.4 Å². The summed E-state index contributed by atoms with van der Waals surface area (Å²) in [7, 11) is 3.62. The summed E-state index contributed by atoms with van der Waals surface area (Å²) in [6.07, 6.45) is 9.37. The molecule has 2 saturated carbocycles. The van der Waals surface area contributed by atoms with E-state index >= 15 is 0 Å². The van der Waals surface area contributed by atoms with Crippen LogP contribution in [0.25, 0.3) is 0 Å². The molecule has 1 N–H and O–H groups in total. The van der Waals surface area contributed by atoms with Crippen LogP contribution in [-0.4, -0.2) is 52.0 Å². The smallest absolute Gasteiger partial charge is 0.322 e. The highest BCUT2D eigenvalue weighted by atomic mass is 16.5. The number of rotatable bonds is 8. The molecule has 32 heavy (non-hydrogen) atoms.